The zero-order valence-corrected chi connectivity index (χ0v) is 13.5. The zero-order valence-electron chi connectivity index (χ0n) is 12.7. The first-order valence-electron chi connectivity index (χ1n) is 6.67. The van der Waals surface area contributed by atoms with Gasteiger partial charge in [0.15, 0.2) is 5.13 Å². The molecule has 1 aromatic heterocycles. The van der Waals surface area contributed by atoms with Gasteiger partial charge >= 0.3 is 0 Å². The fraction of sp³-hybridized carbons (Fsp3) is 0.333. The number of aromatic nitrogens is 1. The van der Waals surface area contributed by atoms with Crippen molar-refractivity contribution in [1.29, 1.82) is 0 Å². The lowest BCUT2D eigenvalue weighted by molar-refractivity contribution is 0.319. The molecule has 112 valence electrons. The van der Waals surface area contributed by atoms with E-state index in [-0.39, 0.29) is 0 Å². The maximum atomic E-state index is 9.09. The smallest absolute Gasteiger partial charge is 0.183 e. The highest BCUT2D eigenvalue weighted by molar-refractivity contribution is 7.18. The van der Waals surface area contributed by atoms with Crippen molar-refractivity contribution < 1.29 is 5.21 Å². The molecule has 0 bridgehead atoms. The van der Waals surface area contributed by atoms with Crippen molar-refractivity contribution in [2.24, 2.45) is 5.16 Å². The SMILES string of the molecule is CNc1nc(-c2ccccc2CN(C)C)c(/C(C)=N/O)s1. The Balaban J connectivity index is 2.58. The van der Waals surface area contributed by atoms with Crippen LogP contribution in [0.2, 0.25) is 0 Å². The second-order valence-electron chi connectivity index (χ2n) is 5.03. The largest absolute Gasteiger partial charge is 0.411 e. The fourth-order valence-corrected chi connectivity index (χ4v) is 3.00. The Morgan fingerprint density at radius 2 is 2.10 bits per heavy atom. The minimum atomic E-state index is 0.573. The van der Waals surface area contributed by atoms with E-state index >= 15 is 0 Å². The van der Waals surface area contributed by atoms with Crippen LogP contribution in [0, 0.1) is 0 Å². The summed E-state index contributed by atoms with van der Waals surface area (Å²) in [6, 6.07) is 8.19. The third kappa shape index (κ3) is 3.40. The summed E-state index contributed by atoms with van der Waals surface area (Å²) >= 11 is 1.49. The highest BCUT2D eigenvalue weighted by Crippen LogP contribution is 2.33. The summed E-state index contributed by atoms with van der Waals surface area (Å²) in [6.07, 6.45) is 0. The van der Waals surface area contributed by atoms with E-state index in [1.807, 2.05) is 33.3 Å². The van der Waals surface area contributed by atoms with Gasteiger partial charge in [0, 0.05) is 19.2 Å². The molecule has 6 heteroatoms. The molecule has 2 rings (SSSR count). The van der Waals surface area contributed by atoms with Crippen molar-refractivity contribution in [1.82, 2.24) is 9.88 Å². The van der Waals surface area contributed by atoms with Gasteiger partial charge in [-0.1, -0.05) is 40.8 Å². The summed E-state index contributed by atoms with van der Waals surface area (Å²) in [4.78, 5) is 7.64. The average molecular weight is 304 g/mol. The minimum Gasteiger partial charge on any atom is -0.411 e. The number of hydrogen-bond donors (Lipinski definition) is 2. The van der Waals surface area contributed by atoms with E-state index in [0.717, 1.165) is 27.8 Å². The van der Waals surface area contributed by atoms with Crippen molar-refractivity contribution >= 4 is 22.2 Å². The van der Waals surface area contributed by atoms with Gasteiger partial charge in [-0.15, -0.1) is 0 Å². The Hall–Kier alpha value is -1.92. The summed E-state index contributed by atoms with van der Waals surface area (Å²) < 4.78 is 0. The molecule has 0 saturated heterocycles. The number of hydrogen-bond acceptors (Lipinski definition) is 6. The van der Waals surface area contributed by atoms with Crippen LogP contribution in [0.25, 0.3) is 11.3 Å². The van der Waals surface area contributed by atoms with Gasteiger partial charge in [0.05, 0.1) is 16.3 Å². The van der Waals surface area contributed by atoms with Crippen LogP contribution in [0.1, 0.15) is 17.4 Å². The van der Waals surface area contributed by atoms with E-state index in [1.54, 1.807) is 6.92 Å². The van der Waals surface area contributed by atoms with Crippen LogP contribution < -0.4 is 5.32 Å². The van der Waals surface area contributed by atoms with Gasteiger partial charge < -0.3 is 15.4 Å². The van der Waals surface area contributed by atoms with Gasteiger partial charge in [-0.25, -0.2) is 4.98 Å². The topological polar surface area (TPSA) is 60.8 Å². The summed E-state index contributed by atoms with van der Waals surface area (Å²) in [7, 11) is 5.92. The predicted octanol–water partition coefficient (Wildman–Crippen LogP) is 3.11. The normalized spacial score (nSPS) is 12.0. The molecule has 0 atom stereocenters. The maximum Gasteiger partial charge on any atom is 0.183 e. The lowest BCUT2D eigenvalue weighted by Gasteiger charge is -2.13. The van der Waals surface area contributed by atoms with Crippen LogP contribution in [-0.2, 0) is 6.54 Å². The predicted molar refractivity (Wildman–Crippen MR) is 88.5 cm³/mol. The van der Waals surface area contributed by atoms with Gasteiger partial charge in [-0.2, -0.15) is 0 Å². The standard InChI is InChI=1S/C15H20N4OS/c1-10(18-20)14-13(17-15(16-2)21-14)12-8-6-5-7-11(12)9-19(3)4/h5-8,20H,9H2,1-4H3,(H,16,17)/b18-10+. The van der Waals surface area contributed by atoms with E-state index in [9.17, 15) is 0 Å². The number of oxime groups is 1. The fourth-order valence-electron chi connectivity index (χ4n) is 2.13. The molecule has 0 spiro atoms. The highest BCUT2D eigenvalue weighted by Gasteiger charge is 2.18. The highest BCUT2D eigenvalue weighted by atomic mass is 32.1. The van der Waals surface area contributed by atoms with Gasteiger partial charge in [0.25, 0.3) is 0 Å². The third-order valence-corrected chi connectivity index (χ3v) is 4.26. The summed E-state index contributed by atoms with van der Waals surface area (Å²) in [6.45, 7) is 2.61. The van der Waals surface area contributed by atoms with Crippen LogP contribution in [0.15, 0.2) is 29.4 Å². The van der Waals surface area contributed by atoms with Gasteiger partial charge in [-0.3, -0.25) is 0 Å². The lowest BCUT2D eigenvalue weighted by atomic mass is 10.0. The molecule has 21 heavy (non-hydrogen) atoms. The van der Waals surface area contributed by atoms with E-state index in [2.05, 4.69) is 32.5 Å². The molecule has 5 nitrogen and oxygen atoms in total. The van der Waals surface area contributed by atoms with E-state index in [1.165, 1.54) is 16.9 Å². The van der Waals surface area contributed by atoms with E-state index in [0.29, 0.717) is 5.71 Å². The molecule has 1 aromatic carbocycles. The number of nitrogens with one attached hydrogen (secondary N) is 1. The van der Waals surface area contributed by atoms with Gasteiger partial charge in [-0.05, 0) is 26.6 Å². The van der Waals surface area contributed by atoms with Crippen LogP contribution in [-0.4, -0.2) is 41.9 Å². The van der Waals surface area contributed by atoms with Crippen molar-refractivity contribution in [2.45, 2.75) is 13.5 Å². The number of anilines is 1. The minimum absolute atomic E-state index is 0.573. The van der Waals surface area contributed by atoms with Crippen LogP contribution in [0.4, 0.5) is 5.13 Å². The first-order valence-corrected chi connectivity index (χ1v) is 7.49. The van der Waals surface area contributed by atoms with Gasteiger partial charge in [0.1, 0.15) is 0 Å². The molecule has 0 unspecified atom stereocenters. The Bertz CT molecular complexity index is 649. The first kappa shape index (κ1) is 15.5. The van der Waals surface area contributed by atoms with E-state index < -0.39 is 0 Å². The number of thiazole rings is 1. The maximum absolute atomic E-state index is 9.09. The molecule has 0 aliphatic heterocycles. The van der Waals surface area contributed by atoms with Crippen molar-refractivity contribution in [3.63, 3.8) is 0 Å². The van der Waals surface area contributed by atoms with E-state index in [4.69, 9.17) is 5.21 Å². The molecule has 1 heterocycles. The lowest BCUT2D eigenvalue weighted by Crippen LogP contribution is -2.11. The molecule has 0 aliphatic carbocycles. The molecular formula is C15H20N4OS. The molecule has 0 radical (unpaired) electrons. The van der Waals surface area contributed by atoms with Gasteiger partial charge in [0.2, 0.25) is 0 Å². The van der Waals surface area contributed by atoms with Crippen molar-refractivity contribution in [3.05, 3.63) is 34.7 Å². The van der Waals surface area contributed by atoms with Crippen molar-refractivity contribution in [3.8, 4) is 11.3 Å². The zero-order chi connectivity index (χ0) is 15.4. The molecular weight excluding hydrogens is 284 g/mol. The van der Waals surface area contributed by atoms with Crippen LogP contribution in [0.3, 0.4) is 0 Å². The van der Waals surface area contributed by atoms with Crippen LogP contribution in [0.5, 0.6) is 0 Å². The summed E-state index contributed by atoms with van der Waals surface area (Å²) in [5, 5.41) is 16.3. The second kappa shape index (κ2) is 6.69. The van der Waals surface area contributed by atoms with Crippen LogP contribution >= 0.6 is 11.3 Å². The average Bonchev–Trinajstić information content (AvgIpc) is 2.90. The Kier molecular flexibility index (Phi) is 4.93. The molecule has 2 N–H and O–H groups in total. The Morgan fingerprint density at radius 3 is 2.71 bits per heavy atom. The molecule has 0 fully saturated rings. The monoisotopic (exact) mass is 304 g/mol. The third-order valence-electron chi connectivity index (χ3n) is 3.08. The molecule has 2 aromatic rings. The molecule has 0 saturated carbocycles. The molecule has 0 amide bonds. The Morgan fingerprint density at radius 1 is 1.38 bits per heavy atom. The quantitative estimate of drug-likeness (QED) is 0.506. The molecule has 0 aliphatic rings. The second-order valence-corrected chi connectivity index (χ2v) is 6.03. The summed E-state index contributed by atoms with van der Waals surface area (Å²) in [5.74, 6) is 0. The first-order chi connectivity index (χ1) is 10.1. The Labute approximate surface area is 128 Å². The number of benzene rings is 1. The number of nitrogens with zero attached hydrogens (tertiary/aromatic N) is 3. The number of rotatable bonds is 5. The summed E-state index contributed by atoms with van der Waals surface area (Å²) in [5.41, 5.74) is 3.70. The van der Waals surface area contributed by atoms with Crippen molar-refractivity contribution in [2.75, 3.05) is 26.5 Å².